The number of sulfonamides is 1. The number of unbranched alkanes of at least 4 members (excludes halogenated alkanes) is 1. The fourth-order valence-corrected chi connectivity index (χ4v) is 5.04. The molecule has 0 bridgehead atoms. The summed E-state index contributed by atoms with van der Waals surface area (Å²) in [6.45, 7) is 9.31. The summed E-state index contributed by atoms with van der Waals surface area (Å²) < 4.78 is 25.7. The van der Waals surface area contributed by atoms with E-state index < -0.39 is 51.8 Å². The average molecular weight is 645 g/mol. The van der Waals surface area contributed by atoms with E-state index in [-0.39, 0.29) is 35.3 Å². The molecule has 0 saturated heterocycles. The van der Waals surface area contributed by atoms with E-state index in [9.17, 15) is 27.6 Å². The van der Waals surface area contributed by atoms with Crippen molar-refractivity contribution in [2.24, 2.45) is 11.7 Å². The zero-order valence-corrected chi connectivity index (χ0v) is 28.0. The van der Waals surface area contributed by atoms with Crippen molar-refractivity contribution in [3.8, 4) is 0 Å². The minimum Gasteiger partial charge on any atom is -0.368 e. The zero-order chi connectivity index (χ0) is 33.9. The number of nitrogens with one attached hydrogen (secondary N) is 4. The molecule has 13 heteroatoms. The molecule has 0 aromatic heterocycles. The van der Waals surface area contributed by atoms with Crippen molar-refractivity contribution >= 4 is 39.3 Å². The lowest BCUT2D eigenvalue weighted by Gasteiger charge is -2.25. The summed E-state index contributed by atoms with van der Waals surface area (Å²) in [5.41, 5.74) is 6.70. The van der Waals surface area contributed by atoms with Crippen molar-refractivity contribution < 1.29 is 27.6 Å². The van der Waals surface area contributed by atoms with Crippen molar-refractivity contribution in [2.75, 3.05) is 24.2 Å². The summed E-state index contributed by atoms with van der Waals surface area (Å²) in [7, 11) is -2.34. The minimum absolute atomic E-state index is 0.106. The van der Waals surface area contributed by atoms with Crippen LogP contribution in [0.2, 0.25) is 0 Å². The van der Waals surface area contributed by atoms with Gasteiger partial charge in [0.15, 0.2) is 0 Å². The van der Waals surface area contributed by atoms with Crippen LogP contribution in [0.15, 0.2) is 48.5 Å². The number of nitrogens with two attached hydrogens (primary N) is 1. The van der Waals surface area contributed by atoms with Crippen LogP contribution in [0.25, 0.3) is 0 Å². The summed E-state index contributed by atoms with van der Waals surface area (Å²) in [6, 6.07) is 11.4. The van der Waals surface area contributed by atoms with Gasteiger partial charge in [-0.25, -0.2) is 8.42 Å². The minimum atomic E-state index is -3.69. The van der Waals surface area contributed by atoms with Crippen LogP contribution in [0.3, 0.4) is 0 Å². The first-order valence-electron chi connectivity index (χ1n) is 15.1. The average Bonchev–Trinajstić information content (AvgIpc) is 2.99. The maximum atomic E-state index is 13.6. The van der Waals surface area contributed by atoms with Crippen molar-refractivity contribution in [3.63, 3.8) is 0 Å². The van der Waals surface area contributed by atoms with Crippen LogP contribution in [0.5, 0.6) is 0 Å². The van der Waals surface area contributed by atoms with E-state index in [1.165, 1.54) is 25.2 Å². The standard InChI is InChI=1S/C32H48N6O6S/c1-8-9-15-26(19-34-22(5)30(40)37-28(20(2)3)29(33)39)36-32(42)25-16-24(17-27(18-25)38(6)45(7,43)44)31(41)35-21(4)23-13-11-10-12-14-23/h10-14,16-18,20-22,26,28,34H,8-9,15,19H2,1-7H3,(H2,33,39)(H,35,41)(H,36,42)(H,37,40)/t21-,22?,26+,28+/m1/s1. The van der Waals surface area contributed by atoms with Gasteiger partial charge in [-0.1, -0.05) is 63.9 Å². The predicted octanol–water partition coefficient (Wildman–Crippen LogP) is 2.47. The molecule has 4 atom stereocenters. The molecule has 0 heterocycles. The van der Waals surface area contributed by atoms with Gasteiger partial charge >= 0.3 is 0 Å². The molecule has 2 rings (SSSR count). The molecular formula is C32H48N6O6S. The zero-order valence-electron chi connectivity index (χ0n) is 27.2. The normalized spacial score (nSPS) is 14.1. The van der Waals surface area contributed by atoms with E-state index in [0.29, 0.717) is 6.42 Å². The Morgan fingerprint density at radius 2 is 1.47 bits per heavy atom. The quantitative estimate of drug-likeness (QED) is 0.175. The van der Waals surface area contributed by atoms with E-state index in [1.807, 2.05) is 44.2 Å². The number of benzene rings is 2. The molecule has 6 N–H and O–H groups in total. The molecule has 0 radical (unpaired) electrons. The molecule has 0 aliphatic heterocycles. The van der Waals surface area contributed by atoms with Crippen LogP contribution in [0.4, 0.5) is 5.69 Å². The second-order valence-corrected chi connectivity index (χ2v) is 13.7. The Kier molecular flexibility index (Phi) is 14.0. The van der Waals surface area contributed by atoms with Crippen LogP contribution in [0, 0.1) is 5.92 Å². The predicted molar refractivity (Wildman–Crippen MR) is 176 cm³/mol. The highest BCUT2D eigenvalue weighted by Crippen LogP contribution is 2.22. The number of nitrogens with zero attached hydrogens (tertiary/aromatic N) is 1. The SMILES string of the molecule is CCCC[C@@H](CNC(C)C(=O)N[C@H](C(N)=O)C(C)C)NC(=O)c1cc(C(=O)N[C@H](C)c2ccccc2)cc(N(C)S(C)(=O)=O)c1. The number of hydrogen-bond acceptors (Lipinski definition) is 7. The number of hydrogen-bond donors (Lipinski definition) is 5. The largest absolute Gasteiger partial charge is 0.368 e. The van der Waals surface area contributed by atoms with Crippen LogP contribution >= 0.6 is 0 Å². The highest BCUT2D eigenvalue weighted by atomic mass is 32.2. The Hall–Kier alpha value is -3.97. The summed E-state index contributed by atoms with van der Waals surface area (Å²) in [6.07, 6.45) is 3.31. The smallest absolute Gasteiger partial charge is 0.251 e. The molecule has 12 nitrogen and oxygen atoms in total. The molecule has 0 saturated carbocycles. The highest BCUT2D eigenvalue weighted by Gasteiger charge is 2.25. The molecule has 4 amide bonds. The molecule has 0 aliphatic carbocycles. The van der Waals surface area contributed by atoms with E-state index in [4.69, 9.17) is 5.73 Å². The lowest BCUT2D eigenvalue weighted by atomic mass is 10.0. The van der Waals surface area contributed by atoms with E-state index in [1.54, 1.807) is 20.8 Å². The van der Waals surface area contributed by atoms with Gasteiger partial charge in [-0.2, -0.15) is 0 Å². The highest BCUT2D eigenvalue weighted by molar-refractivity contribution is 7.92. The third kappa shape index (κ3) is 11.5. The van der Waals surface area contributed by atoms with Gasteiger partial charge in [0.1, 0.15) is 6.04 Å². The van der Waals surface area contributed by atoms with Crippen molar-refractivity contribution in [1.82, 2.24) is 21.3 Å². The third-order valence-corrected chi connectivity index (χ3v) is 8.73. The second-order valence-electron chi connectivity index (χ2n) is 11.7. The first-order valence-corrected chi connectivity index (χ1v) is 17.0. The number of amides is 4. The molecule has 45 heavy (non-hydrogen) atoms. The molecule has 2 aromatic carbocycles. The van der Waals surface area contributed by atoms with Crippen molar-refractivity contribution in [1.29, 1.82) is 0 Å². The number of rotatable bonds is 17. The van der Waals surface area contributed by atoms with E-state index in [0.717, 1.165) is 29.0 Å². The fourth-order valence-electron chi connectivity index (χ4n) is 4.55. The van der Waals surface area contributed by atoms with Gasteiger partial charge in [-0.05, 0) is 49.9 Å². The summed E-state index contributed by atoms with van der Waals surface area (Å²) in [5, 5.41) is 11.7. The number of anilines is 1. The fraction of sp³-hybridized carbons (Fsp3) is 0.500. The lowest BCUT2D eigenvalue weighted by Crippen LogP contribution is -2.54. The van der Waals surface area contributed by atoms with Crippen LogP contribution in [-0.4, -0.2) is 70.0 Å². The van der Waals surface area contributed by atoms with E-state index in [2.05, 4.69) is 21.3 Å². The third-order valence-electron chi connectivity index (χ3n) is 7.53. The monoisotopic (exact) mass is 644 g/mol. The Bertz CT molecular complexity index is 1430. The maximum Gasteiger partial charge on any atom is 0.251 e. The van der Waals surface area contributed by atoms with E-state index >= 15 is 0 Å². The Labute approximate surface area is 266 Å². The Balaban J connectivity index is 2.28. The number of primary amides is 1. The summed E-state index contributed by atoms with van der Waals surface area (Å²) in [5.74, 6) is -2.17. The molecule has 0 spiro atoms. The second kappa shape index (κ2) is 16.9. The topological polar surface area (TPSA) is 180 Å². The van der Waals surface area contributed by atoms with Crippen molar-refractivity contribution in [3.05, 3.63) is 65.2 Å². The first kappa shape index (κ1) is 37.2. The van der Waals surface area contributed by atoms with Crippen molar-refractivity contribution in [2.45, 2.75) is 78.0 Å². The Morgan fingerprint density at radius 3 is 1.98 bits per heavy atom. The molecule has 0 fully saturated rings. The van der Waals surface area contributed by atoms with Crippen LogP contribution < -0.4 is 31.3 Å². The van der Waals surface area contributed by atoms with Gasteiger partial charge in [-0.15, -0.1) is 0 Å². The summed E-state index contributed by atoms with van der Waals surface area (Å²) in [4.78, 5) is 51.3. The molecular weight excluding hydrogens is 596 g/mol. The molecule has 248 valence electrons. The molecule has 2 aromatic rings. The van der Waals surface area contributed by atoms with Gasteiger partial charge in [0.2, 0.25) is 21.8 Å². The van der Waals surface area contributed by atoms with Gasteiger partial charge in [0.05, 0.1) is 24.0 Å². The lowest BCUT2D eigenvalue weighted by molar-refractivity contribution is -0.129. The Morgan fingerprint density at radius 1 is 0.889 bits per heavy atom. The summed E-state index contributed by atoms with van der Waals surface area (Å²) >= 11 is 0. The van der Waals surface area contributed by atoms with Gasteiger partial charge < -0.3 is 27.0 Å². The van der Waals surface area contributed by atoms with Gasteiger partial charge in [-0.3, -0.25) is 23.5 Å². The van der Waals surface area contributed by atoms with Gasteiger partial charge in [0, 0.05) is 30.8 Å². The number of carbonyl (C=O) groups is 4. The molecule has 0 aliphatic rings. The number of carbonyl (C=O) groups excluding carboxylic acids is 4. The van der Waals surface area contributed by atoms with Gasteiger partial charge in [0.25, 0.3) is 11.8 Å². The maximum absolute atomic E-state index is 13.6. The van der Waals surface area contributed by atoms with Crippen LogP contribution in [-0.2, 0) is 19.6 Å². The van der Waals surface area contributed by atoms with Crippen LogP contribution in [0.1, 0.15) is 86.2 Å². The molecule has 1 unspecified atom stereocenters. The first-order chi connectivity index (χ1) is 21.0.